The van der Waals surface area contributed by atoms with E-state index in [0.29, 0.717) is 6.61 Å². The van der Waals surface area contributed by atoms with Gasteiger partial charge in [-0.1, -0.05) is 0 Å². The normalized spacial score (nSPS) is 20.8. The average Bonchev–Trinajstić information content (AvgIpc) is 2.06. The lowest BCUT2D eigenvalue weighted by Gasteiger charge is -2.26. The highest BCUT2D eigenvalue weighted by molar-refractivity contribution is 8.18. The van der Waals surface area contributed by atoms with Crippen molar-refractivity contribution in [3.05, 3.63) is 0 Å². The Labute approximate surface area is 81.2 Å². The van der Waals surface area contributed by atoms with Gasteiger partial charge in [-0.15, -0.1) is 23.5 Å². The minimum absolute atomic E-state index is 0.0128. The fourth-order valence-corrected chi connectivity index (χ4v) is 3.06. The lowest BCUT2D eigenvalue weighted by atomic mass is 10.7. The number of thioether (sulfide) groups is 2. The molecular formula is C7H13NO2S2. The van der Waals surface area contributed by atoms with Crippen LogP contribution in [0.15, 0.2) is 0 Å². The summed E-state index contributed by atoms with van der Waals surface area (Å²) in [5.74, 6) is 1.74. The molecule has 0 unspecified atom stereocenters. The van der Waals surface area contributed by atoms with Crippen molar-refractivity contribution in [1.29, 1.82) is 0 Å². The molecule has 0 bridgehead atoms. The smallest absolute Gasteiger partial charge is 0.329 e. The first-order valence-electron chi connectivity index (χ1n) is 3.82. The Hall–Kier alpha value is 0.130. The highest BCUT2D eigenvalue weighted by atomic mass is 32.2. The minimum Gasteiger partial charge on any atom is -0.465 e. The monoisotopic (exact) mass is 207 g/mol. The van der Waals surface area contributed by atoms with Gasteiger partial charge in [-0.2, -0.15) is 0 Å². The molecular weight excluding hydrogens is 194 g/mol. The van der Waals surface area contributed by atoms with Gasteiger partial charge in [0, 0.05) is 11.8 Å². The van der Waals surface area contributed by atoms with Crippen molar-refractivity contribution in [3.8, 4) is 0 Å². The van der Waals surface area contributed by atoms with Crippen LogP contribution >= 0.6 is 23.5 Å². The number of carbonyl (C=O) groups is 1. The largest absolute Gasteiger partial charge is 0.465 e. The average molecular weight is 207 g/mol. The Morgan fingerprint density at radius 2 is 2.17 bits per heavy atom. The summed E-state index contributed by atoms with van der Waals surface area (Å²) in [7, 11) is 2.04. The third kappa shape index (κ3) is 2.88. The summed E-state index contributed by atoms with van der Waals surface area (Å²) in [5, 5.41) is 0. The summed E-state index contributed by atoms with van der Waals surface area (Å²) >= 11 is 3.27. The number of esters is 1. The maximum Gasteiger partial charge on any atom is 0.329 e. The number of carbonyl (C=O) groups excluding carboxylic acids is 1. The second kappa shape index (κ2) is 4.99. The fraction of sp³-hybridized carbons (Fsp3) is 0.857. The van der Waals surface area contributed by atoms with Crippen LogP contribution in [0, 0.1) is 0 Å². The summed E-state index contributed by atoms with van der Waals surface area (Å²) < 4.78 is 4.90. The number of hydrogen-bond acceptors (Lipinski definition) is 5. The Morgan fingerprint density at radius 3 is 2.67 bits per heavy atom. The molecule has 0 aromatic rings. The van der Waals surface area contributed by atoms with Crippen LogP contribution < -0.4 is 0 Å². The van der Waals surface area contributed by atoms with Gasteiger partial charge in [0.1, 0.15) is 0 Å². The van der Waals surface area contributed by atoms with Crippen LogP contribution in [0.2, 0.25) is 0 Å². The topological polar surface area (TPSA) is 29.5 Å². The van der Waals surface area contributed by atoms with E-state index in [4.69, 9.17) is 4.74 Å². The number of nitrogens with zero attached hydrogens (tertiary/aromatic N) is 1. The molecule has 1 saturated heterocycles. The van der Waals surface area contributed by atoms with Crippen LogP contribution in [-0.4, -0.2) is 40.9 Å². The van der Waals surface area contributed by atoms with E-state index in [1.165, 1.54) is 0 Å². The maximum absolute atomic E-state index is 11.2. The summed E-state index contributed by atoms with van der Waals surface area (Å²) in [4.78, 5) is 13.4. The van der Waals surface area contributed by atoms with E-state index in [-0.39, 0.29) is 10.6 Å². The molecule has 0 aromatic heterocycles. The summed E-state index contributed by atoms with van der Waals surface area (Å²) in [6, 6.07) is 0. The molecule has 0 saturated carbocycles. The van der Waals surface area contributed by atoms with Crippen LogP contribution in [-0.2, 0) is 9.53 Å². The van der Waals surface area contributed by atoms with E-state index in [9.17, 15) is 4.79 Å². The van der Waals surface area contributed by atoms with Gasteiger partial charge in [-0.3, -0.25) is 4.90 Å². The molecule has 5 heteroatoms. The van der Waals surface area contributed by atoms with Gasteiger partial charge in [0.2, 0.25) is 0 Å². The molecule has 1 aliphatic heterocycles. The third-order valence-corrected chi connectivity index (χ3v) is 4.36. The first-order chi connectivity index (χ1) is 5.74. The Kier molecular flexibility index (Phi) is 4.25. The van der Waals surface area contributed by atoms with Crippen LogP contribution in [0.1, 0.15) is 6.92 Å². The van der Waals surface area contributed by atoms with E-state index < -0.39 is 0 Å². The summed E-state index contributed by atoms with van der Waals surface area (Å²) in [6.07, 6.45) is 0. The molecule has 0 amide bonds. The van der Waals surface area contributed by atoms with Gasteiger partial charge >= 0.3 is 5.97 Å². The van der Waals surface area contributed by atoms with E-state index in [1.54, 1.807) is 23.5 Å². The lowest BCUT2D eigenvalue weighted by molar-refractivity contribution is -0.140. The molecule has 0 aromatic carbocycles. The van der Waals surface area contributed by atoms with Gasteiger partial charge in [0.25, 0.3) is 0 Å². The first kappa shape index (κ1) is 10.2. The predicted molar refractivity (Wildman–Crippen MR) is 53.1 cm³/mol. The van der Waals surface area contributed by atoms with Gasteiger partial charge in [0.05, 0.1) is 6.61 Å². The predicted octanol–water partition coefficient (Wildman–Crippen LogP) is 1.20. The van der Waals surface area contributed by atoms with E-state index in [2.05, 4.69) is 4.90 Å². The van der Waals surface area contributed by atoms with Crippen LogP contribution in [0.3, 0.4) is 0 Å². The highest BCUT2D eigenvalue weighted by Gasteiger charge is 2.25. The molecule has 1 rings (SSSR count). The van der Waals surface area contributed by atoms with Crippen molar-refractivity contribution >= 4 is 29.5 Å². The minimum atomic E-state index is -0.0828. The standard InChI is InChI=1S/C7H13NO2S2/c1-3-10-6(9)7-11-4-8(2)5-12-7/h7H,3-5H2,1-2H3. The van der Waals surface area contributed by atoms with Gasteiger partial charge in [-0.05, 0) is 14.0 Å². The zero-order chi connectivity index (χ0) is 8.97. The van der Waals surface area contributed by atoms with Gasteiger partial charge in [-0.25, -0.2) is 4.79 Å². The van der Waals surface area contributed by atoms with E-state index in [1.807, 2.05) is 14.0 Å². The molecule has 1 fully saturated rings. The van der Waals surface area contributed by atoms with Crippen molar-refractivity contribution in [2.75, 3.05) is 25.4 Å². The SMILES string of the molecule is CCOC(=O)C1SCN(C)CS1. The Morgan fingerprint density at radius 1 is 1.58 bits per heavy atom. The second-order valence-electron chi connectivity index (χ2n) is 2.53. The molecule has 12 heavy (non-hydrogen) atoms. The molecule has 3 nitrogen and oxygen atoms in total. The van der Waals surface area contributed by atoms with Crippen molar-refractivity contribution in [2.45, 2.75) is 11.5 Å². The zero-order valence-electron chi connectivity index (χ0n) is 7.28. The molecule has 70 valence electrons. The van der Waals surface area contributed by atoms with Crippen molar-refractivity contribution in [2.24, 2.45) is 0 Å². The molecule has 0 radical (unpaired) electrons. The van der Waals surface area contributed by atoms with Gasteiger partial charge in [0.15, 0.2) is 4.58 Å². The Balaban J connectivity index is 2.29. The van der Waals surface area contributed by atoms with Crippen molar-refractivity contribution in [1.82, 2.24) is 4.90 Å². The number of rotatable bonds is 2. The second-order valence-corrected chi connectivity index (χ2v) is 4.96. The Bertz CT molecular complexity index is 157. The van der Waals surface area contributed by atoms with Crippen LogP contribution in [0.5, 0.6) is 0 Å². The molecule has 0 aliphatic carbocycles. The van der Waals surface area contributed by atoms with E-state index in [0.717, 1.165) is 11.8 Å². The van der Waals surface area contributed by atoms with Crippen molar-refractivity contribution in [3.63, 3.8) is 0 Å². The number of hydrogen-bond donors (Lipinski definition) is 0. The third-order valence-electron chi connectivity index (χ3n) is 1.37. The maximum atomic E-state index is 11.2. The lowest BCUT2D eigenvalue weighted by Crippen LogP contribution is -2.29. The summed E-state index contributed by atoms with van der Waals surface area (Å²) in [5.41, 5.74) is 0. The molecule has 0 N–H and O–H groups in total. The highest BCUT2D eigenvalue weighted by Crippen LogP contribution is 2.30. The fourth-order valence-electron chi connectivity index (χ4n) is 0.822. The van der Waals surface area contributed by atoms with Crippen LogP contribution in [0.4, 0.5) is 0 Å². The van der Waals surface area contributed by atoms with Crippen LogP contribution in [0.25, 0.3) is 0 Å². The van der Waals surface area contributed by atoms with Gasteiger partial charge < -0.3 is 4.74 Å². The molecule has 0 atom stereocenters. The molecule has 1 aliphatic rings. The summed E-state index contributed by atoms with van der Waals surface area (Å²) in [6.45, 7) is 2.31. The molecule has 0 spiro atoms. The zero-order valence-corrected chi connectivity index (χ0v) is 8.91. The molecule has 1 heterocycles. The van der Waals surface area contributed by atoms with E-state index >= 15 is 0 Å². The quantitative estimate of drug-likeness (QED) is 0.635. The first-order valence-corrected chi connectivity index (χ1v) is 5.92. The van der Waals surface area contributed by atoms with Crippen molar-refractivity contribution < 1.29 is 9.53 Å². The number of ether oxygens (including phenoxy) is 1.